The fourth-order valence-corrected chi connectivity index (χ4v) is 2.00. The molecule has 1 aromatic carbocycles. The predicted molar refractivity (Wildman–Crippen MR) is 77.9 cm³/mol. The van der Waals surface area contributed by atoms with Crippen LogP contribution in [-0.2, 0) is 24.2 Å². The summed E-state index contributed by atoms with van der Waals surface area (Å²) in [6.45, 7) is 2.47. The summed E-state index contributed by atoms with van der Waals surface area (Å²) in [5.41, 5.74) is 1.54. The first-order chi connectivity index (χ1) is 10.7. The number of amides is 1. The molecule has 3 aromatic rings. The molecule has 1 amide bonds. The summed E-state index contributed by atoms with van der Waals surface area (Å²) in [7, 11) is 0. The van der Waals surface area contributed by atoms with Crippen LogP contribution in [0.1, 0.15) is 18.6 Å². The molecule has 0 bridgehead atoms. The molecule has 0 aliphatic heterocycles. The number of rotatable bonds is 6. The molecule has 0 atom stereocenters. The zero-order chi connectivity index (χ0) is 15.4. The van der Waals surface area contributed by atoms with Crippen molar-refractivity contribution in [1.82, 2.24) is 30.5 Å². The van der Waals surface area contributed by atoms with Crippen molar-refractivity contribution in [3.05, 3.63) is 36.0 Å². The van der Waals surface area contributed by atoms with E-state index < -0.39 is 0 Å². The van der Waals surface area contributed by atoms with Gasteiger partial charge in [-0.2, -0.15) is 20.0 Å². The van der Waals surface area contributed by atoms with Crippen molar-refractivity contribution in [2.24, 2.45) is 0 Å². The van der Waals surface area contributed by atoms with Gasteiger partial charge in [0, 0.05) is 19.4 Å². The lowest BCUT2D eigenvalue weighted by Crippen LogP contribution is -2.30. The number of hydrogen-bond acceptors (Lipinski definition) is 6. The minimum absolute atomic E-state index is 0.0821. The maximum atomic E-state index is 11.9. The van der Waals surface area contributed by atoms with E-state index in [9.17, 15) is 4.79 Å². The van der Waals surface area contributed by atoms with E-state index in [2.05, 4.69) is 25.7 Å². The average Bonchev–Trinajstić information content (AvgIpc) is 3.12. The highest BCUT2D eigenvalue weighted by Gasteiger charge is 2.08. The monoisotopic (exact) mass is 300 g/mol. The molecule has 114 valence electrons. The summed E-state index contributed by atoms with van der Waals surface area (Å²) >= 11 is 0. The first-order valence-corrected chi connectivity index (χ1v) is 7.12. The molecule has 3 rings (SSSR count). The lowest BCUT2D eigenvalue weighted by Gasteiger charge is -2.02. The van der Waals surface area contributed by atoms with Gasteiger partial charge in [0.2, 0.25) is 11.8 Å². The quantitative estimate of drug-likeness (QED) is 0.720. The van der Waals surface area contributed by atoms with Gasteiger partial charge in [0.05, 0.1) is 0 Å². The number of aromatic nitrogens is 5. The minimum Gasteiger partial charge on any atom is -0.354 e. The third kappa shape index (κ3) is 3.27. The predicted octanol–water partition coefficient (Wildman–Crippen LogP) is 0.736. The molecule has 8 nitrogen and oxygen atoms in total. The van der Waals surface area contributed by atoms with Gasteiger partial charge in [0.15, 0.2) is 5.82 Å². The van der Waals surface area contributed by atoms with Crippen molar-refractivity contribution in [2.45, 2.75) is 26.3 Å². The second-order valence-corrected chi connectivity index (χ2v) is 4.78. The van der Waals surface area contributed by atoms with Gasteiger partial charge in [0.25, 0.3) is 0 Å². The van der Waals surface area contributed by atoms with Crippen LogP contribution in [0.4, 0.5) is 0 Å². The third-order valence-corrected chi connectivity index (χ3v) is 3.10. The van der Waals surface area contributed by atoms with Crippen LogP contribution in [0.15, 0.2) is 28.8 Å². The fourth-order valence-electron chi connectivity index (χ4n) is 2.00. The van der Waals surface area contributed by atoms with Crippen LogP contribution in [0.25, 0.3) is 11.0 Å². The second kappa shape index (κ2) is 6.33. The Hall–Kier alpha value is -2.77. The van der Waals surface area contributed by atoms with Gasteiger partial charge in [-0.15, -0.1) is 0 Å². The molecule has 0 spiro atoms. The number of hydrogen-bond donors (Lipinski definition) is 1. The van der Waals surface area contributed by atoms with Crippen LogP contribution < -0.4 is 5.32 Å². The minimum atomic E-state index is -0.157. The first-order valence-electron chi connectivity index (χ1n) is 7.12. The molecule has 2 aromatic heterocycles. The maximum Gasteiger partial charge on any atom is 0.243 e. The van der Waals surface area contributed by atoms with Crippen LogP contribution in [0.2, 0.25) is 0 Å². The van der Waals surface area contributed by atoms with E-state index in [0.29, 0.717) is 24.7 Å². The smallest absolute Gasteiger partial charge is 0.243 e. The van der Waals surface area contributed by atoms with Gasteiger partial charge < -0.3 is 9.84 Å². The third-order valence-electron chi connectivity index (χ3n) is 3.10. The Morgan fingerprint density at radius 2 is 2.00 bits per heavy atom. The molecular weight excluding hydrogens is 284 g/mol. The number of fused-ring (bicyclic) bond motifs is 1. The summed E-state index contributed by atoms with van der Waals surface area (Å²) in [6.07, 6.45) is 1.24. The number of aryl methyl sites for hydroxylation is 1. The van der Waals surface area contributed by atoms with Gasteiger partial charge in [-0.3, -0.25) is 4.79 Å². The summed E-state index contributed by atoms with van der Waals surface area (Å²) in [4.78, 5) is 17.4. The van der Waals surface area contributed by atoms with Crippen molar-refractivity contribution in [3.8, 4) is 0 Å². The fraction of sp³-hybridized carbons (Fsp3) is 0.357. The molecule has 0 fully saturated rings. The number of benzene rings is 1. The van der Waals surface area contributed by atoms with E-state index in [4.69, 9.17) is 4.52 Å². The maximum absolute atomic E-state index is 11.9. The van der Waals surface area contributed by atoms with E-state index in [-0.39, 0.29) is 12.5 Å². The van der Waals surface area contributed by atoms with Crippen LogP contribution in [0, 0.1) is 0 Å². The first kappa shape index (κ1) is 14.2. The highest BCUT2D eigenvalue weighted by Crippen LogP contribution is 2.06. The van der Waals surface area contributed by atoms with Gasteiger partial charge in [-0.25, -0.2) is 0 Å². The summed E-state index contributed by atoms with van der Waals surface area (Å²) in [5, 5.41) is 15.1. The Morgan fingerprint density at radius 3 is 2.64 bits per heavy atom. The molecule has 0 unspecified atom stereocenters. The molecule has 1 N–H and O–H groups in total. The topological polar surface area (TPSA) is 98.7 Å². The van der Waals surface area contributed by atoms with Gasteiger partial charge in [-0.05, 0) is 12.1 Å². The molecule has 0 radical (unpaired) electrons. The van der Waals surface area contributed by atoms with Crippen molar-refractivity contribution in [1.29, 1.82) is 0 Å². The van der Waals surface area contributed by atoms with Crippen molar-refractivity contribution < 1.29 is 9.32 Å². The van der Waals surface area contributed by atoms with E-state index in [1.165, 1.54) is 4.80 Å². The largest absolute Gasteiger partial charge is 0.354 e. The molecule has 0 aliphatic rings. The molecule has 0 aliphatic carbocycles. The lowest BCUT2D eigenvalue weighted by molar-refractivity contribution is -0.122. The summed E-state index contributed by atoms with van der Waals surface area (Å²) < 4.78 is 5.05. The van der Waals surface area contributed by atoms with E-state index in [1.54, 1.807) is 0 Å². The Kier molecular flexibility index (Phi) is 4.08. The Morgan fingerprint density at radius 1 is 1.27 bits per heavy atom. The van der Waals surface area contributed by atoms with Crippen LogP contribution >= 0.6 is 0 Å². The van der Waals surface area contributed by atoms with Crippen molar-refractivity contribution in [3.63, 3.8) is 0 Å². The molecule has 0 saturated carbocycles. The SMILES string of the molecule is CCc1noc(CCNC(=O)Cn2nc3ccccc3n2)n1. The highest BCUT2D eigenvalue weighted by molar-refractivity contribution is 5.77. The molecule has 2 heterocycles. The average molecular weight is 300 g/mol. The van der Waals surface area contributed by atoms with Gasteiger partial charge in [-0.1, -0.05) is 24.2 Å². The number of carbonyl (C=O) groups excluding carboxylic acids is 1. The van der Waals surface area contributed by atoms with Crippen molar-refractivity contribution >= 4 is 16.9 Å². The summed E-state index contributed by atoms with van der Waals surface area (Å²) in [6, 6.07) is 7.49. The molecule has 8 heteroatoms. The molecule has 0 saturated heterocycles. The molecular formula is C14H16N6O2. The lowest BCUT2D eigenvalue weighted by atomic mass is 10.3. The standard InChI is InChI=1S/C14H16N6O2/c1-2-12-16-14(22-19-12)7-8-15-13(21)9-20-17-10-5-3-4-6-11(10)18-20/h3-6H,2,7-9H2,1H3,(H,15,21). The van der Waals surface area contributed by atoms with Gasteiger partial charge in [0.1, 0.15) is 17.6 Å². The number of carbonyl (C=O) groups is 1. The van der Waals surface area contributed by atoms with E-state index >= 15 is 0 Å². The number of nitrogens with one attached hydrogen (secondary N) is 1. The van der Waals surface area contributed by atoms with Crippen LogP contribution in [0.3, 0.4) is 0 Å². The van der Waals surface area contributed by atoms with Crippen LogP contribution in [-0.4, -0.2) is 37.6 Å². The Labute approximate surface area is 126 Å². The Bertz CT molecular complexity index is 745. The zero-order valence-corrected chi connectivity index (χ0v) is 12.2. The zero-order valence-electron chi connectivity index (χ0n) is 12.2. The normalized spacial score (nSPS) is 11.0. The van der Waals surface area contributed by atoms with E-state index in [0.717, 1.165) is 17.5 Å². The van der Waals surface area contributed by atoms with E-state index in [1.807, 2.05) is 31.2 Å². The Balaban J connectivity index is 1.49. The van der Waals surface area contributed by atoms with Gasteiger partial charge >= 0.3 is 0 Å². The second-order valence-electron chi connectivity index (χ2n) is 4.78. The van der Waals surface area contributed by atoms with Crippen LogP contribution in [0.5, 0.6) is 0 Å². The highest BCUT2D eigenvalue weighted by atomic mass is 16.5. The summed E-state index contributed by atoms with van der Waals surface area (Å²) in [5.74, 6) is 1.05. The molecule has 22 heavy (non-hydrogen) atoms. The van der Waals surface area contributed by atoms with Crippen molar-refractivity contribution in [2.75, 3.05) is 6.54 Å². The number of nitrogens with zero attached hydrogens (tertiary/aromatic N) is 5.